The van der Waals surface area contributed by atoms with Gasteiger partial charge in [0.25, 0.3) is 0 Å². The first-order chi connectivity index (χ1) is 14.0. The van der Waals surface area contributed by atoms with Crippen LogP contribution in [0.3, 0.4) is 0 Å². The minimum absolute atomic E-state index is 0.0859. The largest absolute Gasteiger partial charge is 0.360 e. The molecule has 146 valence electrons. The molecule has 1 N–H and O–H groups in total. The number of thioether (sulfide) groups is 1. The molecule has 0 bridgehead atoms. The number of benzene rings is 3. The monoisotopic (exact) mass is 399 g/mol. The van der Waals surface area contributed by atoms with Gasteiger partial charge in [0.1, 0.15) is 6.10 Å². The van der Waals surface area contributed by atoms with E-state index in [0.717, 1.165) is 0 Å². The Balaban J connectivity index is 1.71. The lowest BCUT2D eigenvalue weighted by molar-refractivity contribution is -0.0804. The molecule has 0 spiro atoms. The van der Waals surface area contributed by atoms with E-state index in [9.17, 15) is 0 Å². The zero-order valence-electron chi connectivity index (χ0n) is 17.0. The zero-order chi connectivity index (χ0) is 20.0. The highest BCUT2D eigenvalue weighted by Gasteiger charge is 2.40. The molecule has 0 radical (unpaired) electrons. The summed E-state index contributed by atoms with van der Waals surface area (Å²) in [6, 6.07) is 27.9. The molecule has 0 saturated carbocycles. The third-order valence-corrected chi connectivity index (χ3v) is 7.29. The second kappa shape index (κ2) is 7.08. The second-order valence-corrected chi connectivity index (χ2v) is 9.39. The average Bonchev–Trinajstić information content (AvgIpc) is 3.02. The van der Waals surface area contributed by atoms with Crippen LogP contribution in [0, 0.1) is 6.92 Å². The summed E-state index contributed by atoms with van der Waals surface area (Å²) < 4.78 is 6.94. The molecular weight excluding hydrogens is 374 g/mol. The van der Waals surface area contributed by atoms with Crippen molar-refractivity contribution >= 4 is 22.7 Å². The highest BCUT2D eigenvalue weighted by atomic mass is 32.2. The van der Waals surface area contributed by atoms with Crippen LogP contribution in [0.15, 0.2) is 83.8 Å². The Morgan fingerprint density at radius 3 is 2.34 bits per heavy atom. The molecule has 0 aliphatic carbocycles. The number of rotatable bonds is 2. The lowest BCUT2D eigenvalue weighted by Crippen LogP contribution is -2.25. The van der Waals surface area contributed by atoms with Crippen LogP contribution >= 0.6 is 11.8 Å². The molecule has 4 aromatic rings. The predicted molar refractivity (Wildman–Crippen MR) is 121 cm³/mol. The standard InChI is InChI=1S/C26H25NOS/c1-17-19-13-7-9-15-21(19)27-23(17)24-25(18-11-5-4-6-12-18)29-22-16-10-8-14-20(22)26(2,3)28-24/h4-16,24-25,27H,1-3H3/t24-,25-/m0/s1. The van der Waals surface area contributed by atoms with Crippen LogP contribution < -0.4 is 0 Å². The number of H-pyrrole nitrogens is 1. The van der Waals surface area contributed by atoms with Crippen LogP contribution in [0.5, 0.6) is 0 Å². The van der Waals surface area contributed by atoms with E-state index in [1.807, 2.05) is 11.8 Å². The SMILES string of the molecule is Cc1c([C@@H]2OC(C)(C)c3ccccc3S[C@H]2c2ccccc2)[nH]c2ccccc12. The number of nitrogens with one attached hydrogen (secondary N) is 1. The normalized spacial score (nSPS) is 20.9. The molecule has 0 saturated heterocycles. The van der Waals surface area contributed by atoms with E-state index in [1.165, 1.54) is 38.2 Å². The first-order valence-corrected chi connectivity index (χ1v) is 11.0. The van der Waals surface area contributed by atoms with Crippen molar-refractivity contribution in [2.75, 3.05) is 0 Å². The maximum absolute atomic E-state index is 6.94. The molecule has 3 aromatic carbocycles. The van der Waals surface area contributed by atoms with Gasteiger partial charge in [0, 0.05) is 21.5 Å². The molecule has 2 heterocycles. The number of para-hydroxylation sites is 1. The summed E-state index contributed by atoms with van der Waals surface area (Å²) in [7, 11) is 0. The summed E-state index contributed by atoms with van der Waals surface area (Å²) in [5.74, 6) is 0. The number of hydrogen-bond donors (Lipinski definition) is 1. The zero-order valence-corrected chi connectivity index (χ0v) is 17.8. The molecule has 0 fully saturated rings. The Morgan fingerprint density at radius 2 is 1.55 bits per heavy atom. The summed E-state index contributed by atoms with van der Waals surface area (Å²) in [4.78, 5) is 4.98. The van der Waals surface area contributed by atoms with Gasteiger partial charge in [-0.1, -0.05) is 66.7 Å². The molecule has 1 aliphatic heterocycles. The van der Waals surface area contributed by atoms with Gasteiger partial charge < -0.3 is 9.72 Å². The molecule has 3 heteroatoms. The van der Waals surface area contributed by atoms with Gasteiger partial charge in [0.15, 0.2) is 0 Å². The van der Waals surface area contributed by atoms with Crippen LogP contribution in [0.4, 0.5) is 0 Å². The minimum Gasteiger partial charge on any atom is -0.360 e. The number of fused-ring (bicyclic) bond motifs is 2. The summed E-state index contributed by atoms with van der Waals surface area (Å²) in [6.45, 7) is 6.57. The highest BCUT2D eigenvalue weighted by molar-refractivity contribution is 7.99. The van der Waals surface area contributed by atoms with Gasteiger partial charge in [-0.05, 0) is 49.6 Å². The summed E-state index contributed by atoms with van der Waals surface area (Å²) >= 11 is 1.91. The van der Waals surface area contributed by atoms with Crippen molar-refractivity contribution in [2.45, 2.75) is 42.6 Å². The van der Waals surface area contributed by atoms with Gasteiger partial charge in [-0.15, -0.1) is 11.8 Å². The first-order valence-electron chi connectivity index (χ1n) is 10.1. The van der Waals surface area contributed by atoms with Crippen molar-refractivity contribution in [1.29, 1.82) is 0 Å². The number of aryl methyl sites for hydroxylation is 1. The first kappa shape index (κ1) is 18.5. The van der Waals surface area contributed by atoms with Crippen molar-refractivity contribution in [3.63, 3.8) is 0 Å². The Bertz CT molecular complexity index is 1160. The van der Waals surface area contributed by atoms with Crippen LogP contribution in [-0.4, -0.2) is 4.98 Å². The number of aromatic amines is 1. The lowest BCUT2D eigenvalue weighted by atomic mass is 9.96. The van der Waals surface area contributed by atoms with Crippen LogP contribution in [0.2, 0.25) is 0 Å². The predicted octanol–water partition coefficient (Wildman–Crippen LogP) is 7.32. The van der Waals surface area contributed by atoms with Gasteiger partial charge >= 0.3 is 0 Å². The number of aromatic nitrogens is 1. The third kappa shape index (κ3) is 3.19. The Morgan fingerprint density at radius 1 is 0.862 bits per heavy atom. The summed E-state index contributed by atoms with van der Waals surface area (Å²) in [5.41, 5.74) is 5.76. The van der Waals surface area contributed by atoms with Gasteiger partial charge in [-0.25, -0.2) is 0 Å². The Hall–Kier alpha value is -2.49. The average molecular weight is 400 g/mol. The van der Waals surface area contributed by atoms with Crippen molar-refractivity contribution in [3.05, 3.63) is 101 Å². The van der Waals surface area contributed by atoms with E-state index in [4.69, 9.17) is 4.74 Å². The molecule has 2 atom stereocenters. The van der Waals surface area contributed by atoms with E-state index >= 15 is 0 Å². The molecule has 0 unspecified atom stereocenters. The van der Waals surface area contributed by atoms with Crippen LogP contribution in [-0.2, 0) is 10.3 Å². The van der Waals surface area contributed by atoms with Crippen molar-refractivity contribution in [3.8, 4) is 0 Å². The second-order valence-electron chi connectivity index (χ2n) is 8.20. The highest BCUT2D eigenvalue weighted by Crippen LogP contribution is 2.54. The van der Waals surface area contributed by atoms with Crippen LogP contribution in [0.25, 0.3) is 10.9 Å². The molecule has 2 nitrogen and oxygen atoms in total. The van der Waals surface area contributed by atoms with Crippen molar-refractivity contribution in [2.24, 2.45) is 0 Å². The van der Waals surface area contributed by atoms with E-state index in [1.54, 1.807) is 0 Å². The van der Waals surface area contributed by atoms with Gasteiger partial charge in [-0.2, -0.15) is 0 Å². The third-order valence-electron chi connectivity index (χ3n) is 5.90. The van der Waals surface area contributed by atoms with Crippen LogP contribution in [0.1, 0.15) is 47.6 Å². The van der Waals surface area contributed by atoms with E-state index in [0.29, 0.717) is 0 Å². The maximum atomic E-state index is 6.94. The quantitative estimate of drug-likeness (QED) is 0.382. The van der Waals surface area contributed by atoms with E-state index < -0.39 is 0 Å². The minimum atomic E-state index is -0.387. The molecular formula is C26H25NOS. The summed E-state index contributed by atoms with van der Waals surface area (Å²) in [5, 5.41) is 1.42. The van der Waals surface area contributed by atoms with Gasteiger partial charge in [0.05, 0.1) is 10.9 Å². The van der Waals surface area contributed by atoms with Crippen molar-refractivity contribution in [1.82, 2.24) is 4.98 Å². The summed E-state index contributed by atoms with van der Waals surface area (Å²) in [6.07, 6.45) is -0.0859. The molecule has 5 rings (SSSR count). The number of ether oxygens (including phenoxy) is 1. The Kier molecular flexibility index (Phi) is 4.53. The Labute approximate surface area is 176 Å². The van der Waals surface area contributed by atoms with E-state index in [2.05, 4.69) is 105 Å². The fourth-order valence-electron chi connectivity index (χ4n) is 4.39. The maximum Gasteiger partial charge on any atom is 0.115 e. The fraction of sp³-hybridized carbons (Fsp3) is 0.231. The number of hydrogen-bond acceptors (Lipinski definition) is 2. The van der Waals surface area contributed by atoms with Gasteiger partial charge in [0.2, 0.25) is 0 Å². The molecule has 29 heavy (non-hydrogen) atoms. The molecule has 1 aromatic heterocycles. The van der Waals surface area contributed by atoms with E-state index in [-0.39, 0.29) is 17.0 Å². The molecule has 0 amide bonds. The smallest absolute Gasteiger partial charge is 0.115 e. The molecule has 1 aliphatic rings. The van der Waals surface area contributed by atoms with Crippen molar-refractivity contribution < 1.29 is 4.74 Å². The topological polar surface area (TPSA) is 25.0 Å². The fourth-order valence-corrected chi connectivity index (χ4v) is 5.87. The van der Waals surface area contributed by atoms with Gasteiger partial charge in [-0.3, -0.25) is 0 Å². The lowest BCUT2D eigenvalue weighted by Gasteiger charge is -2.32.